The van der Waals surface area contributed by atoms with Gasteiger partial charge in [0.1, 0.15) is 17.2 Å². The molecule has 1 aromatic heterocycles. The van der Waals surface area contributed by atoms with Crippen LogP contribution in [0.3, 0.4) is 0 Å². The van der Waals surface area contributed by atoms with Crippen LogP contribution in [-0.4, -0.2) is 13.1 Å². The van der Waals surface area contributed by atoms with Gasteiger partial charge in [-0.15, -0.1) is 0 Å². The summed E-state index contributed by atoms with van der Waals surface area (Å²) in [6.45, 7) is 1.85. The molecule has 3 nitrogen and oxygen atoms in total. The summed E-state index contributed by atoms with van der Waals surface area (Å²) >= 11 is 0. The van der Waals surface area contributed by atoms with E-state index in [1.54, 1.807) is 6.07 Å². The molecule has 1 heterocycles. The SMILES string of the molecule is O=[C]OCCCCCCc1cc2ccc(F)cc2o1. The van der Waals surface area contributed by atoms with Crippen LogP contribution >= 0.6 is 0 Å². The van der Waals surface area contributed by atoms with Crippen LogP contribution in [-0.2, 0) is 16.0 Å². The lowest BCUT2D eigenvalue weighted by Crippen LogP contribution is -1.91. The van der Waals surface area contributed by atoms with E-state index in [1.165, 1.54) is 18.6 Å². The zero-order valence-electron chi connectivity index (χ0n) is 10.7. The highest BCUT2D eigenvalue weighted by Gasteiger charge is 2.04. The fourth-order valence-electron chi connectivity index (χ4n) is 2.05. The Labute approximate surface area is 111 Å². The maximum absolute atomic E-state index is 13.0. The lowest BCUT2D eigenvalue weighted by molar-refractivity contribution is 0.268. The molecule has 0 saturated heterocycles. The van der Waals surface area contributed by atoms with E-state index in [1.807, 2.05) is 6.07 Å². The van der Waals surface area contributed by atoms with E-state index < -0.39 is 0 Å². The Morgan fingerprint density at radius 1 is 1.16 bits per heavy atom. The minimum Gasteiger partial charge on any atom is -0.461 e. The van der Waals surface area contributed by atoms with Crippen LogP contribution in [0, 0.1) is 5.82 Å². The fourth-order valence-corrected chi connectivity index (χ4v) is 2.05. The number of aryl methyl sites for hydroxylation is 1. The zero-order chi connectivity index (χ0) is 13.5. The molecular weight excluding hydrogens is 247 g/mol. The van der Waals surface area contributed by atoms with E-state index in [4.69, 9.17) is 4.42 Å². The summed E-state index contributed by atoms with van der Waals surface area (Å²) in [4.78, 5) is 9.80. The number of hydrogen-bond acceptors (Lipinski definition) is 3. The summed E-state index contributed by atoms with van der Waals surface area (Å²) in [7, 11) is 0. The number of rotatable bonds is 8. The van der Waals surface area contributed by atoms with Gasteiger partial charge in [0.2, 0.25) is 0 Å². The molecule has 0 N–H and O–H groups in total. The van der Waals surface area contributed by atoms with Crippen molar-refractivity contribution in [3.8, 4) is 0 Å². The van der Waals surface area contributed by atoms with E-state index in [0.717, 1.165) is 43.3 Å². The molecule has 0 fully saturated rings. The normalized spacial score (nSPS) is 10.8. The Morgan fingerprint density at radius 3 is 2.84 bits per heavy atom. The van der Waals surface area contributed by atoms with Crippen LogP contribution in [0.25, 0.3) is 11.0 Å². The highest BCUT2D eigenvalue weighted by Crippen LogP contribution is 2.21. The van der Waals surface area contributed by atoms with Gasteiger partial charge in [0, 0.05) is 17.9 Å². The second-order valence-electron chi connectivity index (χ2n) is 4.49. The first-order chi connectivity index (χ1) is 9.29. The maximum Gasteiger partial charge on any atom is 0.417 e. The van der Waals surface area contributed by atoms with E-state index in [9.17, 15) is 9.18 Å². The van der Waals surface area contributed by atoms with Crippen molar-refractivity contribution < 1.29 is 18.3 Å². The Hall–Kier alpha value is -1.84. The second-order valence-corrected chi connectivity index (χ2v) is 4.49. The highest BCUT2D eigenvalue weighted by molar-refractivity contribution is 5.77. The average Bonchev–Trinajstić information content (AvgIpc) is 2.79. The maximum atomic E-state index is 13.0. The smallest absolute Gasteiger partial charge is 0.417 e. The first kappa shape index (κ1) is 13.6. The van der Waals surface area contributed by atoms with Gasteiger partial charge in [0.15, 0.2) is 0 Å². The minimum atomic E-state index is -0.277. The quantitative estimate of drug-likeness (QED) is 0.681. The van der Waals surface area contributed by atoms with Crippen molar-refractivity contribution in [3.63, 3.8) is 0 Å². The van der Waals surface area contributed by atoms with Crippen molar-refractivity contribution in [2.75, 3.05) is 6.61 Å². The Balaban J connectivity index is 1.74. The summed E-state index contributed by atoms with van der Waals surface area (Å²) in [5, 5.41) is 0.936. The molecule has 0 spiro atoms. The lowest BCUT2D eigenvalue weighted by Gasteiger charge is -1.99. The monoisotopic (exact) mass is 263 g/mol. The third-order valence-corrected chi connectivity index (χ3v) is 3.01. The van der Waals surface area contributed by atoms with Crippen LogP contribution < -0.4 is 0 Å². The summed E-state index contributed by atoms with van der Waals surface area (Å²) in [6, 6.07) is 6.53. The lowest BCUT2D eigenvalue weighted by atomic mass is 10.1. The zero-order valence-corrected chi connectivity index (χ0v) is 10.7. The molecule has 0 amide bonds. The molecule has 2 aromatic rings. The number of hydrogen-bond donors (Lipinski definition) is 0. The number of ether oxygens (including phenoxy) is 1. The number of benzene rings is 1. The van der Waals surface area contributed by atoms with Gasteiger partial charge in [-0.25, -0.2) is 9.18 Å². The van der Waals surface area contributed by atoms with Gasteiger partial charge < -0.3 is 9.15 Å². The molecule has 0 atom stereocenters. The number of fused-ring (bicyclic) bond motifs is 1. The van der Waals surface area contributed by atoms with Crippen molar-refractivity contribution in [1.82, 2.24) is 0 Å². The second kappa shape index (κ2) is 6.92. The number of unbranched alkanes of at least 4 members (excludes halogenated alkanes) is 3. The molecule has 0 bridgehead atoms. The fraction of sp³-hybridized carbons (Fsp3) is 0.400. The van der Waals surface area contributed by atoms with Crippen LogP contribution in [0.1, 0.15) is 31.4 Å². The first-order valence-electron chi connectivity index (χ1n) is 6.46. The molecular formula is C15H16FO3. The summed E-state index contributed by atoms with van der Waals surface area (Å²) in [5.74, 6) is 0.610. The molecule has 19 heavy (non-hydrogen) atoms. The van der Waals surface area contributed by atoms with Gasteiger partial charge in [0.05, 0.1) is 6.61 Å². The van der Waals surface area contributed by atoms with Gasteiger partial charge in [-0.1, -0.05) is 12.8 Å². The van der Waals surface area contributed by atoms with Crippen LogP contribution in [0.5, 0.6) is 0 Å². The third kappa shape index (κ3) is 4.09. The standard InChI is InChI=1S/C15H16FO3/c16-13-7-6-12-9-14(19-15(12)10-13)5-3-1-2-4-8-18-11-17/h6-7,9-10H,1-5,8H2. The highest BCUT2D eigenvalue weighted by atomic mass is 19.1. The predicted molar refractivity (Wildman–Crippen MR) is 70.0 cm³/mol. The van der Waals surface area contributed by atoms with Crippen molar-refractivity contribution in [2.24, 2.45) is 0 Å². The van der Waals surface area contributed by atoms with Crippen molar-refractivity contribution in [3.05, 3.63) is 35.8 Å². The number of furan rings is 1. The molecule has 0 aliphatic rings. The van der Waals surface area contributed by atoms with Gasteiger partial charge in [-0.2, -0.15) is 0 Å². The van der Waals surface area contributed by atoms with Crippen molar-refractivity contribution in [2.45, 2.75) is 32.1 Å². The summed E-state index contributed by atoms with van der Waals surface area (Å²) in [5.41, 5.74) is 0.602. The summed E-state index contributed by atoms with van der Waals surface area (Å²) in [6.07, 6.45) is 4.77. The average molecular weight is 263 g/mol. The molecule has 101 valence electrons. The van der Waals surface area contributed by atoms with Gasteiger partial charge in [-0.05, 0) is 31.0 Å². The molecule has 0 unspecified atom stereocenters. The van der Waals surface area contributed by atoms with E-state index in [2.05, 4.69) is 4.74 Å². The first-order valence-corrected chi connectivity index (χ1v) is 6.46. The van der Waals surface area contributed by atoms with Gasteiger partial charge in [0.25, 0.3) is 0 Å². The van der Waals surface area contributed by atoms with Crippen molar-refractivity contribution >= 4 is 17.4 Å². The van der Waals surface area contributed by atoms with E-state index >= 15 is 0 Å². The largest absolute Gasteiger partial charge is 0.461 e. The molecule has 0 aliphatic carbocycles. The molecule has 0 aliphatic heterocycles. The van der Waals surface area contributed by atoms with Gasteiger partial charge >= 0.3 is 6.47 Å². The third-order valence-electron chi connectivity index (χ3n) is 3.01. The van der Waals surface area contributed by atoms with Gasteiger partial charge in [-0.3, -0.25) is 0 Å². The van der Waals surface area contributed by atoms with Crippen LogP contribution in [0.4, 0.5) is 4.39 Å². The Kier molecular flexibility index (Phi) is 4.95. The minimum absolute atomic E-state index is 0.277. The number of carbonyl (C=O) groups excluding carboxylic acids is 1. The molecule has 1 radical (unpaired) electrons. The Morgan fingerprint density at radius 2 is 2.00 bits per heavy atom. The number of halogens is 1. The predicted octanol–water partition coefficient (Wildman–Crippen LogP) is 3.76. The molecule has 0 saturated carbocycles. The van der Waals surface area contributed by atoms with E-state index in [-0.39, 0.29) is 5.82 Å². The topological polar surface area (TPSA) is 39.4 Å². The van der Waals surface area contributed by atoms with Crippen LogP contribution in [0.2, 0.25) is 0 Å². The molecule has 4 heteroatoms. The Bertz CT molecular complexity index is 533. The van der Waals surface area contributed by atoms with E-state index in [0.29, 0.717) is 12.2 Å². The van der Waals surface area contributed by atoms with Crippen LogP contribution in [0.15, 0.2) is 28.7 Å². The molecule has 2 rings (SSSR count). The molecule has 1 aromatic carbocycles. The summed E-state index contributed by atoms with van der Waals surface area (Å²) < 4.78 is 23.1. The van der Waals surface area contributed by atoms with Crippen molar-refractivity contribution in [1.29, 1.82) is 0 Å².